The average Bonchev–Trinajstić information content (AvgIpc) is 2.30. The van der Waals surface area contributed by atoms with Crippen LogP contribution in [0.4, 0.5) is 0 Å². The maximum atomic E-state index is 4.33. The lowest BCUT2D eigenvalue weighted by atomic mass is 10.3. The quantitative estimate of drug-likeness (QED) is 0.654. The second kappa shape index (κ2) is 2.34. The Labute approximate surface area is 73.2 Å². The van der Waals surface area contributed by atoms with Gasteiger partial charge in [0.15, 0.2) is 0 Å². The van der Waals surface area contributed by atoms with Crippen molar-refractivity contribution in [2.24, 2.45) is 0 Å². The third kappa shape index (κ3) is 0.959. The van der Waals surface area contributed by atoms with Gasteiger partial charge in [-0.05, 0) is 19.1 Å². The zero-order chi connectivity index (χ0) is 7.84. The van der Waals surface area contributed by atoms with Crippen molar-refractivity contribution >= 4 is 27.2 Å². The molecule has 0 amide bonds. The molecule has 0 aliphatic rings. The molecule has 0 aliphatic carbocycles. The maximum Gasteiger partial charge on any atom is 0.116 e. The topological polar surface area (TPSA) is 17.8 Å². The van der Waals surface area contributed by atoms with Crippen molar-refractivity contribution in [3.63, 3.8) is 0 Å². The summed E-state index contributed by atoms with van der Waals surface area (Å²) >= 11 is 3.40. The summed E-state index contributed by atoms with van der Waals surface area (Å²) in [5.41, 5.74) is 2.15. The summed E-state index contributed by atoms with van der Waals surface area (Å²) in [5, 5.41) is 0. The van der Waals surface area contributed by atoms with E-state index in [1.165, 1.54) is 0 Å². The molecule has 3 heteroatoms. The lowest BCUT2D eigenvalue weighted by molar-refractivity contribution is 1.13. The van der Waals surface area contributed by atoms with Crippen molar-refractivity contribution in [1.29, 1.82) is 0 Å². The molecule has 1 heterocycles. The molecule has 1 aromatic carbocycles. The Kier molecular flexibility index (Phi) is 1.46. The molecule has 0 saturated heterocycles. The molecular formula is C8H7BrN2. The fourth-order valence-corrected chi connectivity index (χ4v) is 1.50. The van der Waals surface area contributed by atoms with E-state index in [0.717, 1.165) is 16.9 Å². The Morgan fingerprint density at radius 2 is 2.09 bits per heavy atom. The van der Waals surface area contributed by atoms with E-state index < -0.39 is 0 Å². The van der Waals surface area contributed by atoms with E-state index >= 15 is 0 Å². The number of para-hydroxylation sites is 2. The molecule has 0 spiro atoms. The van der Waals surface area contributed by atoms with E-state index in [4.69, 9.17) is 0 Å². The molecule has 0 fully saturated rings. The Morgan fingerprint density at radius 1 is 1.36 bits per heavy atom. The molecule has 11 heavy (non-hydrogen) atoms. The van der Waals surface area contributed by atoms with E-state index in [0.29, 0.717) is 0 Å². The lowest BCUT2D eigenvalue weighted by Gasteiger charge is -1.90. The third-order valence-electron chi connectivity index (χ3n) is 1.66. The first-order valence-electron chi connectivity index (χ1n) is 3.39. The summed E-state index contributed by atoms with van der Waals surface area (Å²) in [7, 11) is 0. The highest BCUT2D eigenvalue weighted by Crippen LogP contribution is 2.16. The predicted molar refractivity (Wildman–Crippen MR) is 48.8 cm³/mol. The molecule has 0 atom stereocenters. The van der Waals surface area contributed by atoms with Crippen molar-refractivity contribution in [3.8, 4) is 0 Å². The summed E-state index contributed by atoms with van der Waals surface area (Å²) in [4.78, 5) is 4.33. The lowest BCUT2D eigenvalue weighted by Crippen LogP contribution is -1.80. The number of aromatic nitrogens is 2. The fraction of sp³-hybridized carbons (Fsp3) is 0.125. The van der Waals surface area contributed by atoms with Crippen molar-refractivity contribution in [3.05, 3.63) is 30.1 Å². The number of aryl methyl sites for hydroxylation is 1. The van der Waals surface area contributed by atoms with Crippen LogP contribution in [0.1, 0.15) is 5.82 Å². The number of rotatable bonds is 0. The van der Waals surface area contributed by atoms with Crippen molar-refractivity contribution < 1.29 is 0 Å². The second-order valence-electron chi connectivity index (χ2n) is 2.43. The minimum atomic E-state index is 0.978. The van der Waals surface area contributed by atoms with Crippen LogP contribution in [0.25, 0.3) is 11.0 Å². The largest absolute Gasteiger partial charge is 0.262 e. The smallest absolute Gasteiger partial charge is 0.116 e. The Hall–Kier alpha value is -0.830. The molecule has 2 rings (SSSR count). The molecule has 0 aliphatic heterocycles. The third-order valence-corrected chi connectivity index (χ3v) is 2.55. The molecule has 0 saturated carbocycles. The van der Waals surface area contributed by atoms with Crippen LogP contribution in [0.5, 0.6) is 0 Å². The van der Waals surface area contributed by atoms with Crippen LogP contribution in [-0.4, -0.2) is 8.58 Å². The molecule has 1 aromatic heterocycles. The summed E-state index contributed by atoms with van der Waals surface area (Å²) in [6, 6.07) is 8.02. The number of halogens is 1. The van der Waals surface area contributed by atoms with Crippen molar-refractivity contribution in [2.75, 3.05) is 0 Å². The Bertz CT molecular complexity index is 392. The van der Waals surface area contributed by atoms with E-state index in [1.54, 1.807) is 0 Å². The first-order valence-corrected chi connectivity index (χ1v) is 4.10. The molecule has 56 valence electrons. The van der Waals surface area contributed by atoms with Gasteiger partial charge in [-0.25, -0.2) is 4.98 Å². The van der Waals surface area contributed by atoms with E-state index in [1.807, 2.05) is 34.8 Å². The van der Waals surface area contributed by atoms with Gasteiger partial charge in [0.2, 0.25) is 0 Å². The van der Waals surface area contributed by atoms with Crippen molar-refractivity contribution in [2.45, 2.75) is 6.92 Å². The van der Waals surface area contributed by atoms with Crippen LogP contribution < -0.4 is 0 Å². The van der Waals surface area contributed by atoms with Crippen LogP contribution in [0.2, 0.25) is 0 Å². The standard InChI is InChI=1S/C8H7BrN2/c1-6-10-7-4-2-3-5-8(7)11(6)9/h2-5H,1H3. The SMILES string of the molecule is Cc1nc2ccccc2n1Br. The summed E-state index contributed by atoms with van der Waals surface area (Å²) < 4.78 is 1.91. The van der Waals surface area contributed by atoms with Gasteiger partial charge in [-0.2, -0.15) is 0 Å². The minimum Gasteiger partial charge on any atom is -0.262 e. The summed E-state index contributed by atoms with van der Waals surface area (Å²) in [6.45, 7) is 1.97. The maximum absolute atomic E-state index is 4.33. The number of hydrogen-bond donors (Lipinski definition) is 0. The van der Waals surface area contributed by atoms with Gasteiger partial charge in [-0.3, -0.25) is 3.59 Å². The molecular weight excluding hydrogens is 204 g/mol. The van der Waals surface area contributed by atoms with Gasteiger partial charge in [-0.1, -0.05) is 12.1 Å². The molecule has 2 aromatic rings. The molecule has 0 unspecified atom stereocenters. The number of imidazole rings is 1. The van der Waals surface area contributed by atoms with Crippen LogP contribution in [0.3, 0.4) is 0 Å². The predicted octanol–water partition coefficient (Wildman–Crippen LogP) is 2.50. The van der Waals surface area contributed by atoms with Crippen molar-refractivity contribution in [1.82, 2.24) is 8.58 Å². The van der Waals surface area contributed by atoms with Crippen LogP contribution in [-0.2, 0) is 0 Å². The fourth-order valence-electron chi connectivity index (χ4n) is 1.12. The zero-order valence-corrected chi connectivity index (χ0v) is 7.67. The molecule has 0 bridgehead atoms. The van der Waals surface area contributed by atoms with E-state index in [2.05, 4.69) is 21.1 Å². The second-order valence-corrected chi connectivity index (χ2v) is 3.14. The van der Waals surface area contributed by atoms with Gasteiger partial charge in [0.1, 0.15) is 5.82 Å². The average molecular weight is 211 g/mol. The van der Waals surface area contributed by atoms with Crippen LogP contribution in [0, 0.1) is 6.92 Å². The van der Waals surface area contributed by atoms with Gasteiger partial charge in [0.25, 0.3) is 0 Å². The molecule has 0 N–H and O–H groups in total. The highest BCUT2D eigenvalue weighted by Gasteiger charge is 2.01. The highest BCUT2D eigenvalue weighted by molar-refractivity contribution is 9.08. The van der Waals surface area contributed by atoms with Gasteiger partial charge in [0, 0.05) is 0 Å². The summed E-state index contributed by atoms with van der Waals surface area (Å²) in [6.07, 6.45) is 0. The summed E-state index contributed by atoms with van der Waals surface area (Å²) in [5.74, 6) is 0.978. The zero-order valence-electron chi connectivity index (χ0n) is 6.08. The normalized spacial score (nSPS) is 10.7. The first kappa shape index (κ1) is 6.85. The minimum absolute atomic E-state index is 0.978. The number of hydrogen-bond acceptors (Lipinski definition) is 1. The highest BCUT2D eigenvalue weighted by atomic mass is 79.9. The van der Waals surface area contributed by atoms with Gasteiger partial charge in [-0.15, -0.1) is 0 Å². The van der Waals surface area contributed by atoms with E-state index in [9.17, 15) is 0 Å². The molecule has 2 nitrogen and oxygen atoms in total. The van der Waals surface area contributed by atoms with Crippen LogP contribution in [0.15, 0.2) is 24.3 Å². The van der Waals surface area contributed by atoms with Gasteiger partial charge >= 0.3 is 0 Å². The monoisotopic (exact) mass is 210 g/mol. The van der Waals surface area contributed by atoms with Gasteiger partial charge < -0.3 is 0 Å². The number of benzene rings is 1. The van der Waals surface area contributed by atoms with E-state index in [-0.39, 0.29) is 0 Å². The number of fused-ring (bicyclic) bond motifs is 1. The number of nitrogens with zero attached hydrogens (tertiary/aromatic N) is 2. The first-order chi connectivity index (χ1) is 5.29. The van der Waals surface area contributed by atoms with Crippen LogP contribution >= 0.6 is 16.1 Å². The van der Waals surface area contributed by atoms with Gasteiger partial charge in [0.05, 0.1) is 27.2 Å². The molecule has 0 radical (unpaired) electrons. The Morgan fingerprint density at radius 3 is 2.82 bits per heavy atom. The Balaban J connectivity index is 2.92.